The van der Waals surface area contributed by atoms with Gasteiger partial charge >= 0.3 is 0 Å². The van der Waals surface area contributed by atoms with Crippen LogP contribution in [-0.4, -0.2) is 77.8 Å². The van der Waals surface area contributed by atoms with E-state index < -0.39 is 15.9 Å². The summed E-state index contributed by atoms with van der Waals surface area (Å²) < 4.78 is 29.3. The molecular weight excluding hydrogens is 442 g/mol. The fraction of sp³-hybridized carbons (Fsp3) is 0.318. The lowest BCUT2D eigenvalue weighted by Crippen LogP contribution is -2.46. The van der Waals surface area contributed by atoms with Gasteiger partial charge in [-0.25, -0.2) is 18.4 Å². The Bertz CT molecular complexity index is 1200. The molecule has 1 aliphatic heterocycles. The summed E-state index contributed by atoms with van der Waals surface area (Å²) >= 11 is 0. The van der Waals surface area contributed by atoms with E-state index in [1.54, 1.807) is 24.3 Å². The fourth-order valence-electron chi connectivity index (χ4n) is 3.58. The van der Waals surface area contributed by atoms with Crippen LogP contribution in [0.15, 0.2) is 59.9 Å². The van der Waals surface area contributed by atoms with E-state index in [1.165, 1.54) is 10.5 Å². The quantitative estimate of drug-likeness (QED) is 0.526. The number of nitrogens with zero attached hydrogens (tertiary/aromatic N) is 5. The van der Waals surface area contributed by atoms with Crippen molar-refractivity contribution in [1.82, 2.24) is 29.1 Å². The van der Waals surface area contributed by atoms with Crippen molar-refractivity contribution in [3.05, 3.63) is 60.7 Å². The second-order valence-corrected chi connectivity index (χ2v) is 9.84. The number of likely N-dealkylation sites (N-methyl/N-ethyl adjacent to an activating group) is 1. The lowest BCUT2D eigenvalue weighted by atomic mass is 10.1. The molecule has 174 valence electrons. The van der Waals surface area contributed by atoms with Gasteiger partial charge in [-0.05, 0) is 31.3 Å². The van der Waals surface area contributed by atoms with Crippen LogP contribution in [0.3, 0.4) is 0 Å². The topological polar surface area (TPSA) is 126 Å². The average molecular weight is 470 g/mol. The number of carbonyl (C=O) groups is 1. The number of aromatic nitrogens is 3. The molecule has 3 heterocycles. The van der Waals surface area contributed by atoms with Crippen LogP contribution < -0.4 is 11.1 Å². The summed E-state index contributed by atoms with van der Waals surface area (Å²) in [7, 11) is -1.58. The molecular formula is C22H27N7O3S. The van der Waals surface area contributed by atoms with Crippen LogP contribution in [0.4, 0.5) is 5.82 Å². The van der Waals surface area contributed by atoms with Gasteiger partial charge in [-0.1, -0.05) is 12.1 Å². The monoisotopic (exact) mass is 469 g/mol. The molecule has 4 rings (SSSR count). The Morgan fingerprint density at radius 2 is 1.76 bits per heavy atom. The van der Waals surface area contributed by atoms with Crippen LogP contribution in [-0.2, 0) is 16.6 Å². The first-order valence-electron chi connectivity index (χ1n) is 10.7. The highest BCUT2D eigenvalue weighted by molar-refractivity contribution is 7.89. The van der Waals surface area contributed by atoms with Crippen molar-refractivity contribution in [3.63, 3.8) is 0 Å². The van der Waals surface area contributed by atoms with Crippen molar-refractivity contribution in [2.75, 3.05) is 45.5 Å². The molecule has 1 aromatic carbocycles. The summed E-state index contributed by atoms with van der Waals surface area (Å²) in [5.41, 5.74) is 6.99. The second-order valence-electron chi connectivity index (χ2n) is 7.90. The standard InChI is InChI=1S/C22H27N7O3S/c1-27-12-14-29(15-13-27)33(31,32)18-6-4-17(5-7-18)19-16-25-21(23)20(26-19)22(30)24-8-11-28-9-2-3-10-28/h2-7,9-10,16H,8,11-15H2,1H3,(H2,23,25)(H,24,30). The Labute approximate surface area is 193 Å². The first-order chi connectivity index (χ1) is 15.8. The first-order valence-corrected chi connectivity index (χ1v) is 12.1. The number of carbonyl (C=O) groups excluding carboxylic acids is 1. The highest BCUT2D eigenvalue weighted by Gasteiger charge is 2.27. The van der Waals surface area contributed by atoms with E-state index in [0.717, 1.165) is 0 Å². The third kappa shape index (κ3) is 5.21. The van der Waals surface area contributed by atoms with Crippen molar-refractivity contribution in [2.24, 2.45) is 0 Å². The molecule has 3 aromatic rings. The normalized spacial score (nSPS) is 15.4. The molecule has 0 bridgehead atoms. The number of benzene rings is 1. The number of nitrogens with one attached hydrogen (secondary N) is 1. The van der Waals surface area contributed by atoms with Crippen molar-refractivity contribution in [3.8, 4) is 11.3 Å². The van der Waals surface area contributed by atoms with Crippen LogP contribution in [0, 0.1) is 0 Å². The second kappa shape index (κ2) is 9.69. The van der Waals surface area contributed by atoms with Gasteiger partial charge in [-0.15, -0.1) is 0 Å². The van der Waals surface area contributed by atoms with Gasteiger partial charge in [0, 0.05) is 57.2 Å². The number of piperazine rings is 1. The maximum absolute atomic E-state index is 12.9. The highest BCUT2D eigenvalue weighted by atomic mass is 32.2. The summed E-state index contributed by atoms with van der Waals surface area (Å²) in [6.07, 6.45) is 5.29. The zero-order valence-corrected chi connectivity index (χ0v) is 19.2. The third-order valence-electron chi connectivity index (χ3n) is 5.59. The summed E-state index contributed by atoms with van der Waals surface area (Å²) in [5.74, 6) is -0.380. The number of anilines is 1. The molecule has 1 fully saturated rings. The van der Waals surface area contributed by atoms with Gasteiger partial charge in [0.25, 0.3) is 5.91 Å². The van der Waals surface area contributed by atoms with E-state index in [0.29, 0.717) is 50.5 Å². The van der Waals surface area contributed by atoms with Gasteiger partial charge in [0.15, 0.2) is 11.5 Å². The molecule has 3 N–H and O–H groups in total. The highest BCUT2D eigenvalue weighted by Crippen LogP contribution is 2.23. The Morgan fingerprint density at radius 3 is 2.42 bits per heavy atom. The maximum atomic E-state index is 12.9. The van der Waals surface area contributed by atoms with Crippen molar-refractivity contribution in [2.45, 2.75) is 11.4 Å². The fourth-order valence-corrected chi connectivity index (χ4v) is 5.00. The van der Waals surface area contributed by atoms with Crippen molar-refractivity contribution < 1.29 is 13.2 Å². The van der Waals surface area contributed by atoms with Crippen LogP contribution in [0.1, 0.15) is 10.5 Å². The van der Waals surface area contributed by atoms with Gasteiger partial charge < -0.3 is 20.5 Å². The lowest BCUT2D eigenvalue weighted by Gasteiger charge is -2.31. The van der Waals surface area contributed by atoms with Crippen LogP contribution in [0.25, 0.3) is 11.3 Å². The molecule has 10 nitrogen and oxygen atoms in total. The molecule has 11 heteroatoms. The Kier molecular flexibility index (Phi) is 6.72. The van der Waals surface area contributed by atoms with Gasteiger partial charge in [-0.3, -0.25) is 4.79 Å². The number of sulfonamides is 1. The smallest absolute Gasteiger partial charge is 0.273 e. The van der Waals surface area contributed by atoms with E-state index in [4.69, 9.17) is 5.73 Å². The number of rotatable bonds is 7. The first kappa shape index (κ1) is 22.9. The molecule has 0 unspecified atom stereocenters. The molecule has 2 aromatic heterocycles. The number of nitrogen functional groups attached to an aromatic ring is 1. The molecule has 1 amide bonds. The Hall–Kier alpha value is -3.28. The molecule has 1 aliphatic rings. The Balaban J connectivity index is 1.47. The van der Waals surface area contributed by atoms with E-state index >= 15 is 0 Å². The summed E-state index contributed by atoms with van der Waals surface area (Å²) in [6, 6.07) is 10.3. The van der Waals surface area contributed by atoms with Crippen molar-refractivity contribution >= 4 is 21.7 Å². The maximum Gasteiger partial charge on any atom is 0.273 e. The molecule has 0 saturated carbocycles. The number of hydrogen-bond acceptors (Lipinski definition) is 7. The SMILES string of the molecule is CN1CCN(S(=O)(=O)c2ccc(-c3cnc(N)c(C(=O)NCCn4cccc4)n3)cc2)CC1. The van der Waals surface area contributed by atoms with Crippen LogP contribution in [0.2, 0.25) is 0 Å². The minimum absolute atomic E-state index is 0.0338. The predicted molar refractivity (Wildman–Crippen MR) is 125 cm³/mol. The zero-order chi connectivity index (χ0) is 23.4. The van der Waals surface area contributed by atoms with E-state index in [2.05, 4.69) is 20.2 Å². The minimum Gasteiger partial charge on any atom is -0.382 e. The largest absolute Gasteiger partial charge is 0.382 e. The molecule has 1 saturated heterocycles. The van der Waals surface area contributed by atoms with Gasteiger partial charge in [0.1, 0.15) is 0 Å². The third-order valence-corrected chi connectivity index (χ3v) is 7.50. The summed E-state index contributed by atoms with van der Waals surface area (Å²) in [6.45, 7) is 3.37. The number of hydrogen-bond donors (Lipinski definition) is 2. The van der Waals surface area contributed by atoms with E-state index in [9.17, 15) is 13.2 Å². The molecule has 0 radical (unpaired) electrons. The summed E-state index contributed by atoms with van der Waals surface area (Å²) in [5, 5.41) is 2.79. The van der Waals surface area contributed by atoms with Crippen molar-refractivity contribution in [1.29, 1.82) is 0 Å². The van der Waals surface area contributed by atoms with Gasteiger partial charge in [0.2, 0.25) is 10.0 Å². The summed E-state index contributed by atoms with van der Waals surface area (Å²) in [4.78, 5) is 23.4. The van der Waals surface area contributed by atoms with Crippen LogP contribution in [0.5, 0.6) is 0 Å². The van der Waals surface area contributed by atoms with Gasteiger partial charge in [0.05, 0.1) is 16.8 Å². The predicted octanol–water partition coefficient (Wildman–Crippen LogP) is 0.893. The van der Waals surface area contributed by atoms with E-state index in [-0.39, 0.29) is 16.4 Å². The molecule has 0 aliphatic carbocycles. The zero-order valence-electron chi connectivity index (χ0n) is 18.4. The van der Waals surface area contributed by atoms with E-state index in [1.807, 2.05) is 36.1 Å². The average Bonchev–Trinajstić information content (AvgIpc) is 3.33. The van der Waals surface area contributed by atoms with Gasteiger partial charge in [-0.2, -0.15) is 4.31 Å². The number of amides is 1. The molecule has 0 atom stereocenters. The lowest BCUT2D eigenvalue weighted by molar-refractivity contribution is 0.0948. The molecule has 33 heavy (non-hydrogen) atoms. The Morgan fingerprint density at radius 1 is 1.09 bits per heavy atom. The number of nitrogens with two attached hydrogens (primary N) is 1. The minimum atomic E-state index is -3.56. The van der Waals surface area contributed by atoms with Crippen LogP contribution >= 0.6 is 0 Å². The molecule has 0 spiro atoms.